The molecule has 1 heteroatoms. The molecular formula is C12H22S. The van der Waals surface area contributed by atoms with Crippen LogP contribution in [0.25, 0.3) is 0 Å². The second kappa shape index (κ2) is 7.33. The predicted octanol–water partition coefficient (Wildman–Crippen LogP) is 3.67. The van der Waals surface area contributed by atoms with Gasteiger partial charge in [-0.05, 0) is 29.8 Å². The standard InChI is InChI=1S/C12H22S/c1-6-8-11(7-2)12(9-13-5)10(3)4/h1,10-12H,7-9H2,2-5H3. The van der Waals surface area contributed by atoms with Crippen molar-refractivity contribution in [1.29, 1.82) is 0 Å². The lowest BCUT2D eigenvalue weighted by atomic mass is 9.81. The summed E-state index contributed by atoms with van der Waals surface area (Å²) in [7, 11) is 0. The van der Waals surface area contributed by atoms with Crippen molar-refractivity contribution in [1.82, 2.24) is 0 Å². The first-order chi connectivity index (χ1) is 6.17. The van der Waals surface area contributed by atoms with E-state index >= 15 is 0 Å². The number of rotatable bonds is 6. The molecule has 0 aliphatic carbocycles. The van der Waals surface area contributed by atoms with Crippen LogP contribution in [0.2, 0.25) is 0 Å². The van der Waals surface area contributed by atoms with E-state index in [1.54, 1.807) is 0 Å². The highest BCUT2D eigenvalue weighted by Crippen LogP contribution is 2.28. The molecule has 0 saturated carbocycles. The Morgan fingerprint density at radius 2 is 2.00 bits per heavy atom. The van der Waals surface area contributed by atoms with Gasteiger partial charge in [-0.2, -0.15) is 11.8 Å². The zero-order chi connectivity index (χ0) is 10.3. The van der Waals surface area contributed by atoms with Crippen molar-refractivity contribution in [2.24, 2.45) is 17.8 Å². The van der Waals surface area contributed by atoms with Crippen LogP contribution in [0.5, 0.6) is 0 Å². The van der Waals surface area contributed by atoms with Gasteiger partial charge in [0, 0.05) is 6.42 Å². The Balaban J connectivity index is 4.22. The topological polar surface area (TPSA) is 0 Å². The highest BCUT2D eigenvalue weighted by molar-refractivity contribution is 7.98. The first kappa shape index (κ1) is 12.9. The van der Waals surface area contributed by atoms with Crippen LogP contribution in [-0.2, 0) is 0 Å². The Kier molecular flexibility index (Phi) is 7.28. The summed E-state index contributed by atoms with van der Waals surface area (Å²) in [5, 5.41) is 0. The molecular weight excluding hydrogens is 176 g/mol. The van der Waals surface area contributed by atoms with Gasteiger partial charge in [-0.3, -0.25) is 0 Å². The maximum atomic E-state index is 5.38. The number of hydrogen-bond acceptors (Lipinski definition) is 1. The molecule has 0 N–H and O–H groups in total. The first-order valence-electron chi connectivity index (χ1n) is 5.09. The summed E-state index contributed by atoms with van der Waals surface area (Å²) in [6, 6.07) is 0. The maximum Gasteiger partial charge on any atom is 0.0117 e. The van der Waals surface area contributed by atoms with E-state index in [0.29, 0.717) is 0 Å². The van der Waals surface area contributed by atoms with E-state index in [4.69, 9.17) is 6.42 Å². The molecule has 2 atom stereocenters. The fourth-order valence-electron chi connectivity index (χ4n) is 1.82. The molecule has 0 fully saturated rings. The molecule has 0 aromatic carbocycles. The molecule has 0 aliphatic rings. The molecule has 0 spiro atoms. The number of hydrogen-bond donors (Lipinski definition) is 0. The van der Waals surface area contributed by atoms with E-state index in [-0.39, 0.29) is 0 Å². The average molecular weight is 198 g/mol. The second-order valence-corrected chi connectivity index (χ2v) is 4.85. The maximum absolute atomic E-state index is 5.38. The summed E-state index contributed by atoms with van der Waals surface area (Å²) in [4.78, 5) is 0. The fourth-order valence-corrected chi connectivity index (χ4v) is 2.86. The Bertz CT molecular complexity index is 155. The Labute approximate surface area is 87.9 Å². The molecule has 0 aliphatic heterocycles. The summed E-state index contributed by atoms with van der Waals surface area (Å²) in [6.07, 6.45) is 9.72. The highest BCUT2D eigenvalue weighted by Gasteiger charge is 2.21. The largest absolute Gasteiger partial charge is 0.165 e. The van der Waals surface area contributed by atoms with Crippen molar-refractivity contribution in [3.8, 4) is 12.3 Å². The molecule has 0 amide bonds. The smallest absolute Gasteiger partial charge is 0.0117 e. The van der Waals surface area contributed by atoms with Gasteiger partial charge in [-0.25, -0.2) is 0 Å². The lowest BCUT2D eigenvalue weighted by Crippen LogP contribution is -2.21. The number of thioether (sulfide) groups is 1. The lowest BCUT2D eigenvalue weighted by Gasteiger charge is -2.27. The molecule has 0 aromatic heterocycles. The summed E-state index contributed by atoms with van der Waals surface area (Å²) in [5.41, 5.74) is 0. The lowest BCUT2D eigenvalue weighted by molar-refractivity contribution is 0.279. The van der Waals surface area contributed by atoms with Crippen LogP contribution in [-0.4, -0.2) is 12.0 Å². The van der Waals surface area contributed by atoms with Crippen LogP contribution in [0.15, 0.2) is 0 Å². The monoisotopic (exact) mass is 198 g/mol. The average Bonchev–Trinajstić information content (AvgIpc) is 2.10. The van der Waals surface area contributed by atoms with Crippen LogP contribution in [0.3, 0.4) is 0 Å². The van der Waals surface area contributed by atoms with Crippen molar-refractivity contribution in [3.63, 3.8) is 0 Å². The van der Waals surface area contributed by atoms with E-state index in [9.17, 15) is 0 Å². The number of terminal acetylenes is 1. The van der Waals surface area contributed by atoms with E-state index in [2.05, 4.69) is 32.9 Å². The van der Waals surface area contributed by atoms with Gasteiger partial charge < -0.3 is 0 Å². The van der Waals surface area contributed by atoms with Crippen LogP contribution < -0.4 is 0 Å². The van der Waals surface area contributed by atoms with Crippen molar-refractivity contribution in [2.45, 2.75) is 33.6 Å². The first-order valence-corrected chi connectivity index (χ1v) is 6.49. The van der Waals surface area contributed by atoms with Gasteiger partial charge in [0.1, 0.15) is 0 Å². The molecule has 2 unspecified atom stereocenters. The summed E-state index contributed by atoms with van der Waals surface area (Å²) in [6.45, 7) is 6.86. The third-order valence-corrected chi connectivity index (χ3v) is 3.44. The molecule has 0 bridgehead atoms. The van der Waals surface area contributed by atoms with Crippen LogP contribution in [0.1, 0.15) is 33.6 Å². The minimum absolute atomic E-state index is 0.720. The van der Waals surface area contributed by atoms with E-state index in [1.165, 1.54) is 12.2 Å². The predicted molar refractivity (Wildman–Crippen MR) is 63.9 cm³/mol. The summed E-state index contributed by atoms with van der Waals surface area (Å²) in [5.74, 6) is 6.31. The highest BCUT2D eigenvalue weighted by atomic mass is 32.2. The minimum Gasteiger partial charge on any atom is -0.165 e. The quantitative estimate of drug-likeness (QED) is 0.587. The Morgan fingerprint density at radius 1 is 1.38 bits per heavy atom. The second-order valence-electron chi connectivity index (χ2n) is 3.94. The fraction of sp³-hybridized carbons (Fsp3) is 0.833. The Hall–Kier alpha value is -0.0900. The zero-order valence-electron chi connectivity index (χ0n) is 9.34. The van der Waals surface area contributed by atoms with Gasteiger partial charge in [-0.15, -0.1) is 12.3 Å². The molecule has 13 heavy (non-hydrogen) atoms. The van der Waals surface area contributed by atoms with Gasteiger partial charge >= 0.3 is 0 Å². The molecule has 0 rings (SSSR count). The van der Waals surface area contributed by atoms with Crippen LogP contribution in [0, 0.1) is 30.1 Å². The normalized spacial score (nSPS) is 15.4. The van der Waals surface area contributed by atoms with Gasteiger partial charge in [0.2, 0.25) is 0 Å². The third kappa shape index (κ3) is 4.62. The van der Waals surface area contributed by atoms with Gasteiger partial charge in [0.25, 0.3) is 0 Å². The molecule has 0 aromatic rings. The van der Waals surface area contributed by atoms with E-state index in [0.717, 1.165) is 24.2 Å². The molecule has 76 valence electrons. The van der Waals surface area contributed by atoms with Crippen LogP contribution >= 0.6 is 11.8 Å². The van der Waals surface area contributed by atoms with Crippen molar-refractivity contribution in [2.75, 3.05) is 12.0 Å². The molecule has 0 nitrogen and oxygen atoms in total. The van der Waals surface area contributed by atoms with E-state index < -0.39 is 0 Å². The third-order valence-electron chi connectivity index (χ3n) is 2.73. The van der Waals surface area contributed by atoms with E-state index in [1.807, 2.05) is 11.8 Å². The molecule has 0 heterocycles. The Morgan fingerprint density at radius 3 is 2.31 bits per heavy atom. The zero-order valence-corrected chi connectivity index (χ0v) is 10.2. The van der Waals surface area contributed by atoms with Crippen molar-refractivity contribution in [3.05, 3.63) is 0 Å². The minimum atomic E-state index is 0.720. The summed E-state index contributed by atoms with van der Waals surface area (Å²) >= 11 is 1.94. The van der Waals surface area contributed by atoms with Crippen molar-refractivity contribution < 1.29 is 0 Å². The molecule has 0 radical (unpaired) electrons. The summed E-state index contributed by atoms with van der Waals surface area (Å²) < 4.78 is 0. The SMILES string of the molecule is C#CCC(CC)C(CSC)C(C)C. The van der Waals surface area contributed by atoms with Gasteiger partial charge in [0.05, 0.1) is 0 Å². The van der Waals surface area contributed by atoms with Crippen LogP contribution in [0.4, 0.5) is 0 Å². The van der Waals surface area contributed by atoms with Gasteiger partial charge in [-0.1, -0.05) is 27.2 Å². The van der Waals surface area contributed by atoms with Gasteiger partial charge in [0.15, 0.2) is 0 Å². The molecule has 0 saturated heterocycles. The van der Waals surface area contributed by atoms with Crippen molar-refractivity contribution >= 4 is 11.8 Å².